The number of halogens is 1. The molecule has 0 atom stereocenters. The number of ketones is 1. The van der Waals surface area contributed by atoms with E-state index in [-0.39, 0.29) is 46.2 Å². The fraction of sp³-hybridized carbons (Fsp3) is 0.286. The summed E-state index contributed by atoms with van der Waals surface area (Å²) >= 11 is 0. The minimum Gasteiger partial charge on any atom is -0.410 e. The number of anilines is 1. The Hall–Kier alpha value is -4.51. The van der Waals surface area contributed by atoms with E-state index in [9.17, 15) is 19.5 Å². The third-order valence-electron chi connectivity index (χ3n) is 6.41. The molecular weight excluding hydrogens is 505 g/mol. The Bertz CT molecular complexity index is 1600. The smallest absolute Gasteiger partial charge is 0.410 e. The number of hydrogen-bond acceptors (Lipinski definition) is 6. The number of amides is 2. The van der Waals surface area contributed by atoms with E-state index in [1.165, 1.54) is 63.6 Å². The molecular formula is C28H30FN5O5. The summed E-state index contributed by atoms with van der Waals surface area (Å²) in [4.78, 5) is 39.8. The highest BCUT2D eigenvalue weighted by Crippen LogP contribution is 2.31. The SMILES string of the molecule is CC(=O)c1cc(C(=O)Nc2cc(CO)cc(-c3cnn(C)c3)c2F)c2cc(OC(=O)N(C)C(C)(C)C)ccn12. The topological polar surface area (TPSA) is 118 Å². The molecule has 39 heavy (non-hydrogen) atoms. The predicted octanol–water partition coefficient (Wildman–Crippen LogP) is 4.66. The molecule has 0 aliphatic rings. The highest BCUT2D eigenvalue weighted by Gasteiger charge is 2.25. The summed E-state index contributed by atoms with van der Waals surface area (Å²) in [7, 11) is 3.30. The van der Waals surface area contributed by atoms with Gasteiger partial charge in [-0.05, 0) is 50.6 Å². The molecule has 10 nitrogen and oxygen atoms in total. The van der Waals surface area contributed by atoms with Crippen LogP contribution < -0.4 is 10.1 Å². The molecule has 0 fully saturated rings. The number of aromatic nitrogens is 3. The first kappa shape index (κ1) is 27.5. The molecule has 2 amide bonds. The van der Waals surface area contributed by atoms with Gasteiger partial charge in [0, 0.05) is 56.1 Å². The van der Waals surface area contributed by atoms with Gasteiger partial charge in [0.1, 0.15) is 5.75 Å². The Labute approximate surface area is 224 Å². The van der Waals surface area contributed by atoms with Gasteiger partial charge in [-0.15, -0.1) is 0 Å². The van der Waals surface area contributed by atoms with Crippen molar-refractivity contribution in [2.24, 2.45) is 7.05 Å². The minimum atomic E-state index is -0.705. The van der Waals surface area contributed by atoms with Crippen LogP contribution in [0.5, 0.6) is 5.75 Å². The van der Waals surface area contributed by atoms with Crippen molar-refractivity contribution in [1.29, 1.82) is 0 Å². The van der Waals surface area contributed by atoms with E-state index in [0.717, 1.165) is 0 Å². The highest BCUT2D eigenvalue weighted by atomic mass is 19.1. The van der Waals surface area contributed by atoms with Crippen LogP contribution in [0, 0.1) is 5.82 Å². The van der Waals surface area contributed by atoms with Crippen LogP contribution in [0.25, 0.3) is 16.6 Å². The van der Waals surface area contributed by atoms with E-state index in [2.05, 4.69) is 10.4 Å². The zero-order valence-electron chi connectivity index (χ0n) is 22.6. The fourth-order valence-electron chi connectivity index (χ4n) is 3.96. The molecule has 2 N–H and O–H groups in total. The lowest BCUT2D eigenvalue weighted by Crippen LogP contribution is -2.44. The Morgan fingerprint density at radius 3 is 2.49 bits per heavy atom. The number of aliphatic hydroxyl groups is 1. The number of aliphatic hydroxyl groups excluding tert-OH is 1. The molecule has 0 saturated carbocycles. The molecule has 204 valence electrons. The average Bonchev–Trinajstić information content (AvgIpc) is 3.47. The van der Waals surface area contributed by atoms with Crippen molar-refractivity contribution in [1.82, 2.24) is 19.1 Å². The lowest BCUT2D eigenvalue weighted by Gasteiger charge is -2.30. The van der Waals surface area contributed by atoms with E-state index in [0.29, 0.717) is 11.1 Å². The van der Waals surface area contributed by atoms with Crippen molar-refractivity contribution in [2.75, 3.05) is 12.4 Å². The van der Waals surface area contributed by atoms with Gasteiger partial charge in [0.15, 0.2) is 11.6 Å². The van der Waals surface area contributed by atoms with Crippen molar-refractivity contribution in [2.45, 2.75) is 39.8 Å². The minimum absolute atomic E-state index is 0.0685. The molecule has 11 heteroatoms. The molecule has 4 rings (SSSR count). The number of nitrogens with zero attached hydrogens (tertiary/aromatic N) is 4. The maximum Gasteiger partial charge on any atom is 0.415 e. The monoisotopic (exact) mass is 535 g/mol. The van der Waals surface area contributed by atoms with Crippen LogP contribution in [-0.4, -0.2) is 54.6 Å². The standard InChI is InChI=1S/C28H30FN5O5/c1-16(36)23-12-21(24-11-19(7-8-34(23)24)39-27(38)33(6)28(2,3)4)26(37)31-22-10-17(15-35)9-20(25(22)29)18-13-30-32(5)14-18/h7-14,35H,15H2,1-6H3,(H,31,37). The summed E-state index contributed by atoms with van der Waals surface area (Å²) in [5, 5.41) is 16.4. The molecule has 0 aliphatic carbocycles. The van der Waals surface area contributed by atoms with Crippen LogP contribution in [0.1, 0.15) is 54.1 Å². The lowest BCUT2D eigenvalue weighted by atomic mass is 10.0. The summed E-state index contributed by atoms with van der Waals surface area (Å²) in [6, 6.07) is 7.21. The Morgan fingerprint density at radius 2 is 1.90 bits per heavy atom. The Kier molecular flexibility index (Phi) is 7.29. The number of Topliss-reactive ketones (excluding diaryl/α,β-unsaturated/α-hetero) is 1. The Morgan fingerprint density at radius 1 is 1.18 bits per heavy atom. The first-order chi connectivity index (χ1) is 18.3. The molecule has 0 spiro atoms. The van der Waals surface area contributed by atoms with Crippen molar-refractivity contribution in [3.8, 4) is 16.9 Å². The highest BCUT2D eigenvalue weighted by molar-refractivity contribution is 6.11. The van der Waals surface area contributed by atoms with Crippen molar-refractivity contribution in [3.05, 3.63) is 71.6 Å². The number of ether oxygens (including phenoxy) is 1. The van der Waals surface area contributed by atoms with E-state index in [1.54, 1.807) is 20.3 Å². The fourth-order valence-corrected chi connectivity index (χ4v) is 3.96. The number of carbonyl (C=O) groups is 3. The summed E-state index contributed by atoms with van der Waals surface area (Å²) in [5.41, 5.74) is 0.962. The van der Waals surface area contributed by atoms with Crippen LogP contribution in [0.2, 0.25) is 0 Å². The van der Waals surface area contributed by atoms with Crippen molar-refractivity contribution in [3.63, 3.8) is 0 Å². The largest absolute Gasteiger partial charge is 0.415 e. The lowest BCUT2D eigenvalue weighted by molar-refractivity contribution is 0.101. The third-order valence-corrected chi connectivity index (χ3v) is 6.41. The van der Waals surface area contributed by atoms with Crippen molar-refractivity contribution >= 4 is 29.0 Å². The molecule has 0 saturated heterocycles. The number of fused-ring (bicyclic) bond motifs is 1. The normalized spacial score (nSPS) is 11.5. The summed E-state index contributed by atoms with van der Waals surface area (Å²) in [6.07, 6.45) is 4.02. The number of pyridine rings is 1. The average molecular weight is 536 g/mol. The van der Waals surface area contributed by atoms with Crippen LogP contribution in [-0.2, 0) is 13.7 Å². The number of carbonyl (C=O) groups excluding carboxylic acids is 3. The van der Waals surface area contributed by atoms with Crippen LogP contribution in [0.3, 0.4) is 0 Å². The Balaban J connectivity index is 1.74. The number of hydrogen-bond donors (Lipinski definition) is 2. The van der Waals surface area contributed by atoms with Gasteiger partial charge < -0.3 is 24.5 Å². The molecule has 3 heterocycles. The van der Waals surface area contributed by atoms with Gasteiger partial charge in [-0.1, -0.05) is 0 Å². The molecule has 1 aromatic carbocycles. The maximum absolute atomic E-state index is 15.5. The van der Waals surface area contributed by atoms with E-state index in [4.69, 9.17) is 4.74 Å². The summed E-state index contributed by atoms with van der Waals surface area (Å²) < 4.78 is 24.1. The quantitative estimate of drug-likeness (QED) is 0.347. The maximum atomic E-state index is 15.5. The van der Waals surface area contributed by atoms with E-state index in [1.807, 2.05) is 20.8 Å². The van der Waals surface area contributed by atoms with E-state index < -0.39 is 23.4 Å². The molecule has 0 aliphatic heterocycles. The van der Waals surface area contributed by atoms with Crippen LogP contribution in [0.4, 0.5) is 14.9 Å². The second-order valence-corrected chi connectivity index (χ2v) is 10.2. The number of rotatable bonds is 6. The summed E-state index contributed by atoms with van der Waals surface area (Å²) in [5.74, 6) is -1.53. The number of aryl methyl sites for hydroxylation is 1. The first-order valence-corrected chi connectivity index (χ1v) is 12.2. The summed E-state index contributed by atoms with van der Waals surface area (Å²) in [6.45, 7) is 6.56. The van der Waals surface area contributed by atoms with Gasteiger partial charge >= 0.3 is 6.09 Å². The third kappa shape index (κ3) is 5.53. The second-order valence-electron chi connectivity index (χ2n) is 10.2. The zero-order valence-corrected chi connectivity index (χ0v) is 22.6. The zero-order chi connectivity index (χ0) is 28.6. The molecule has 4 aromatic rings. The first-order valence-electron chi connectivity index (χ1n) is 12.2. The van der Waals surface area contributed by atoms with Gasteiger partial charge in [0.2, 0.25) is 0 Å². The van der Waals surface area contributed by atoms with Gasteiger partial charge in [0.25, 0.3) is 5.91 Å². The van der Waals surface area contributed by atoms with Gasteiger partial charge in [-0.2, -0.15) is 5.10 Å². The molecule has 0 bridgehead atoms. The van der Waals surface area contributed by atoms with Gasteiger partial charge in [-0.25, -0.2) is 9.18 Å². The molecule has 3 aromatic heterocycles. The number of nitrogens with one attached hydrogen (secondary N) is 1. The second kappa shape index (κ2) is 10.3. The molecule has 0 unspecified atom stereocenters. The van der Waals surface area contributed by atoms with E-state index >= 15 is 4.39 Å². The van der Waals surface area contributed by atoms with Gasteiger partial charge in [0.05, 0.1) is 35.3 Å². The predicted molar refractivity (Wildman–Crippen MR) is 143 cm³/mol. The molecule has 0 radical (unpaired) electrons. The number of benzene rings is 1. The van der Waals surface area contributed by atoms with Crippen LogP contribution >= 0.6 is 0 Å². The van der Waals surface area contributed by atoms with Crippen molar-refractivity contribution < 1.29 is 28.6 Å². The van der Waals surface area contributed by atoms with Crippen LogP contribution in [0.15, 0.2) is 48.9 Å². The van der Waals surface area contributed by atoms with Gasteiger partial charge in [-0.3, -0.25) is 14.3 Å².